The molecule has 2 N–H and O–H groups in total. The van der Waals surface area contributed by atoms with E-state index in [-0.39, 0.29) is 41.8 Å². The first-order valence-corrected chi connectivity index (χ1v) is 8.77. The topological polar surface area (TPSA) is 103 Å². The monoisotopic (exact) mass is 425 g/mol. The zero-order chi connectivity index (χ0) is 20.3. The molecule has 0 fully saturated rings. The number of fused-ring (bicyclic) bond motifs is 1. The molecule has 0 unspecified atom stereocenters. The van der Waals surface area contributed by atoms with E-state index in [1.54, 1.807) is 13.0 Å². The highest BCUT2D eigenvalue weighted by atomic mass is 35.5. The van der Waals surface area contributed by atoms with Gasteiger partial charge in [0, 0.05) is 12.6 Å². The van der Waals surface area contributed by atoms with E-state index in [1.165, 1.54) is 19.2 Å². The number of nitrogens with zero attached hydrogens (tertiary/aromatic N) is 1. The van der Waals surface area contributed by atoms with Crippen LogP contribution in [0, 0.1) is 15.9 Å². The number of carbonyl (C=O) groups excluding carboxylic acids is 1. The minimum Gasteiger partial charge on any atom is -0.493 e. The van der Waals surface area contributed by atoms with E-state index < -0.39 is 22.3 Å². The van der Waals surface area contributed by atoms with E-state index in [9.17, 15) is 19.3 Å². The standard InChI is InChI=1S/C19H20FN3O5.ClH/c1-3-28-17-8-13(15(23(25)26)9-16(17)27-2)19(24)22-14-5-4-11-10-21-7-6-12(11)18(14)20;/h4-5,8-9,21H,3,6-7,10H2,1-2H3,(H,22,24);1H. The van der Waals surface area contributed by atoms with Crippen LogP contribution in [0.15, 0.2) is 24.3 Å². The van der Waals surface area contributed by atoms with Gasteiger partial charge in [0.1, 0.15) is 11.4 Å². The predicted molar refractivity (Wildman–Crippen MR) is 108 cm³/mol. The van der Waals surface area contributed by atoms with E-state index in [4.69, 9.17) is 9.47 Å². The Hall–Kier alpha value is -2.91. The number of nitro benzene ring substituents is 1. The third kappa shape index (κ3) is 4.57. The van der Waals surface area contributed by atoms with Crippen LogP contribution in [-0.2, 0) is 13.0 Å². The number of nitro groups is 1. The Kier molecular flexibility index (Phi) is 7.35. The fourth-order valence-corrected chi connectivity index (χ4v) is 3.13. The molecular formula is C19H21ClFN3O5. The summed E-state index contributed by atoms with van der Waals surface area (Å²) in [5.41, 5.74) is 0.647. The number of anilines is 1. The summed E-state index contributed by atoms with van der Waals surface area (Å²) in [6.07, 6.45) is 0.502. The lowest BCUT2D eigenvalue weighted by atomic mass is 9.99. The number of carbonyl (C=O) groups is 1. The molecule has 1 amide bonds. The van der Waals surface area contributed by atoms with E-state index >= 15 is 0 Å². The molecule has 0 atom stereocenters. The summed E-state index contributed by atoms with van der Waals surface area (Å²) in [5.74, 6) is -0.994. The van der Waals surface area contributed by atoms with Crippen molar-refractivity contribution >= 4 is 29.7 Å². The molecule has 0 aromatic heterocycles. The second-order valence-corrected chi connectivity index (χ2v) is 6.16. The molecule has 0 bridgehead atoms. The van der Waals surface area contributed by atoms with E-state index in [2.05, 4.69) is 10.6 Å². The molecule has 29 heavy (non-hydrogen) atoms. The largest absolute Gasteiger partial charge is 0.493 e. The van der Waals surface area contributed by atoms with Crippen molar-refractivity contribution in [3.05, 3.63) is 56.9 Å². The summed E-state index contributed by atoms with van der Waals surface area (Å²) < 4.78 is 25.3. The number of ether oxygens (including phenoxy) is 2. The highest BCUT2D eigenvalue weighted by Gasteiger charge is 2.26. The predicted octanol–water partition coefficient (Wildman–Crippen LogP) is 3.46. The van der Waals surface area contributed by atoms with Gasteiger partial charge in [-0.2, -0.15) is 0 Å². The second-order valence-electron chi connectivity index (χ2n) is 6.16. The Morgan fingerprint density at radius 2 is 2.10 bits per heavy atom. The van der Waals surface area contributed by atoms with Crippen molar-refractivity contribution in [2.75, 3.05) is 25.6 Å². The van der Waals surface area contributed by atoms with Crippen LogP contribution in [0.1, 0.15) is 28.4 Å². The molecule has 3 rings (SSSR count). The van der Waals surface area contributed by atoms with Gasteiger partial charge in [-0.05, 0) is 37.1 Å². The van der Waals surface area contributed by atoms with Gasteiger partial charge in [-0.3, -0.25) is 14.9 Å². The van der Waals surface area contributed by atoms with Gasteiger partial charge in [0.05, 0.1) is 30.4 Å². The van der Waals surface area contributed by atoms with Crippen molar-refractivity contribution < 1.29 is 23.6 Å². The number of rotatable bonds is 6. The molecule has 2 aromatic rings. The molecule has 0 radical (unpaired) electrons. The van der Waals surface area contributed by atoms with Crippen molar-refractivity contribution in [1.82, 2.24) is 5.32 Å². The van der Waals surface area contributed by atoms with E-state index in [1.807, 2.05) is 0 Å². The van der Waals surface area contributed by atoms with Crippen LogP contribution < -0.4 is 20.1 Å². The van der Waals surface area contributed by atoms with Gasteiger partial charge in [-0.15, -0.1) is 12.4 Å². The van der Waals surface area contributed by atoms with Crippen LogP contribution in [-0.4, -0.2) is 31.1 Å². The summed E-state index contributed by atoms with van der Waals surface area (Å²) in [6, 6.07) is 5.54. The maximum absolute atomic E-state index is 14.8. The van der Waals surface area contributed by atoms with Gasteiger partial charge < -0.3 is 20.1 Å². The molecule has 10 heteroatoms. The Balaban J connectivity index is 0.00000300. The van der Waals surface area contributed by atoms with Gasteiger partial charge >= 0.3 is 0 Å². The van der Waals surface area contributed by atoms with Gasteiger partial charge in [-0.1, -0.05) is 6.07 Å². The number of methoxy groups -OCH3 is 1. The zero-order valence-electron chi connectivity index (χ0n) is 15.9. The van der Waals surface area contributed by atoms with Crippen LogP contribution in [0.4, 0.5) is 15.8 Å². The maximum atomic E-state index is 14.8. The summed E-state index contributed by atoms with van der Waals surface area (Å²) in [5, 5.41) is 17.0. The lowest BCUT2D eigenvalue weighted by Gasteiger charge is -2.19. The third-order valence-corrected chi connectivity index (χ3v) is 4.48. The fraction of sp³-hybridized carbons (Fsp3) is 0.316. The quantitative estimate of drug-likeness (QED) is 0.542. The fourth-order valence-electron chi connectivity index (χ4n) is 3.13. The molecule has 8 nitrogen and oxygen atoms in total. The highest BCUT2D eigenvalue weighted by Crippen LogP contribution is 2.35. The first-order valence-electron chi connectivity index (χ1n) is 8.77. The van der Waals surface area contributed by atoms with Crippen molar-refractivity contribution in [1.29, 1.82) is 0 Å². The van der Waals surface area contributed by atoms with Crippen LogP contribution in [0.3, 0.4) is 0 Å². The van der Waals surface area contributed by atoms with Gasteiger partial charge in [-0.25, -0.2) is 4.39 Å². The van der Waals surface area contributed by atoms with E-state index in [0.29, 0.717) is 25.1 Å². The molecule has 0 aliphatic carbocycles. The first-order chi connectivity index (χ1) is 13.5. The zero-order valence-corrected chi connectivity index (χ0v) is 16.7. The van der Waals surface area contributed by atoms with Crippen molar-refractivity contribution in [2.45, 2.75) is 19.9 Å². The van der Waals surface area contributed by atoms with E-state index in [0.717, 1.165) is 11.6 Å². The minimum absolute atomic E-state index is 0. The molecule has 156 valence electrons. The third-order valence-electron chi connectivity index (χ3n) is 4.48. The Morgan fingerprint density at radius 3 is 2.76 bits per heavy atom. The molecule has 1 aliphatic rings. The molecule has 0 spiro atoms. The second kappa shape index (κ2) is 9.53. The molecule has 0 saturated heterocycles. The Morgan fingerprint density at radius 1 is 1.34 bits per heavy atom. The lowest BCUT2D eigenvalue weighted by molar-refractivity contribution is -0.385. The minimum atomic E-state index is -0.803. The van der Waals surface area contributed by atoms with Gasteiger partial charge in [0.15, 0.2) is 11.5 Å². The molecule has 1 aliphatic heterocycles. The number of halogens is 2. The number of amides is 1. The average molecular weight is 426 g/mol. The smallest absolute Gasteiger partial charge is 0.286 e. The summed E-state index contributed by atoms with van der Waals surface area (Å²) in [4.78, 5) is 23.5. The Bertz CT molecular complexity index is 939. The van der Waals surface area contributed by atoms with Gasteiger partial charge in [0.2, 0.25) is 0 Å². The lowest BCUT2D eigenvalue weighted by Crippen LogP contribution is -2.25. The normalized spacial score (nSPS) is 12.4. The average Bonchev–Trinajstić information content (AvgIpc) is 2.70. The number of hydrogen-bond acceptors (Lipinski definition) is 6. The van der Waals surface area contributed by atoms with Crippen LogP contribution in [0.25, 0.3) is 0 Å². The summed E-state index contributed by atoms with van der Waals surface area (Å²) in [7, 11) is 1.35. The molecule has 1 heterocycles. The highest BCUT2D eigenvalue weighted by molar-refractivity contribution is 6.07. The number of nitrogens with one attached hydrogen (secondary N) is 2. The number of benzene rings is 2. The van der Waals surface area contributed by atoms with Crippen molar-refractivity contribution in [3.63, 3.8) is 0 Å². The Labute approximate surface area is 172 Å². The van der Waals surface area contributed by atoms with Crippen molar-refractivity contribution in [2.24, 2.45) is 0 Å². The van der Waals surface area contributed by atoms with Crippen LogP contribution >= 0.6 is 12.4 Å². The SMILES string of the molecule is CCOc1cc(C(=O)Nc2ccc3c(c2F)CCNC3)c([N+](=O)[O-])cc1OC.Cl. The number of hydrogen-bond donors (Lipinski definition) is 2. The van der Waals surface area contributed by atoms with Crippen LogP contribution in [0.5, 0.6) is 11.5 Å². The van der Waals surface area contributed by atoms with Gasteiger partial charge in [0.25, 0.3) is 11.6 Å². The molecular weight excluding hydrogens is 405 g/mol. The van der Waals surface area contributed by atoms with Crippen LogP contribution in [0.2, 0.25) is 0 Å². The maximum Gasteiger partial charge on any atom is 0.286 e. The summed E-state index contributed by atoms with van der Waals surface area (Å²) >= 11 is 0. The molecule has 2 aromatic carbocycles. The molecule has 0 saturated carbocycles. The van der Waals surface area contributed by atoms with Crippen molar-refractivity contribution in [3.8, 4) is 11.5 Å². The summed E-state index contributed by atoms with van der Waals surface area (Å²) in [6.45, 7) is 3.21. The first kappa shape index (κ1) is 22.4.